The van der Waals surface area contributed by atoms with Gasteiger partial charge in [-0.05, 0) is 38.7 Å². The van der Waals surface area contributed by atoms with E-state index in [1.165, 1.54) is 18.3 Å². The van der Waals surface area contributed by atoms with Crippen molar-refractivity contribution < 1.29 is 18.4 Å². The number of hydrogen-bond donors (Lipinski definition) is 0. The number of rotatable bonds is 2. The number of likely N-dealkylation sites (tertiary alicyclic amines) is 1. The number of amides is 1. The van der Waals surface area contributed by atoms with E-state index < -0.39 is 5.95 Å². The predicted octanol–water partition coefficient (Wildman–Crippen LogP) is 2.44. The fourth-order valence-electron chi connectivity index (χ4n) is 3.63. The maximum absolute atomic E-state index is 13.2. The lowest BCUT2D eigenvalue weighted by atomic mass is 9.88. The van der Waals surface area contributed by atoms with Crippen molar-refractivity contribution in [2.24, 2.45) is 0 Å². The fraction of sp³-hybridized carbons (Fsp3) is 0.529. The molecule has 2 aromatic heterocycles. The van der Waals surface area contributed by atoms with Crippen molar-refractivity contribution in [3.8, 4) is 0 Å². The third-order valence-electron chi connectivity index (χ3n) is 5.01. The Morgan fingerprint density at radius 1 is 1.36 bits per heavy atom. The van der Waals surface area contributed by atoms with Gasteiger partial charge in [-0.15, -0.1) is 0 Å². The number of hydrogen-bond acceptors (Lipinski definition) is 6. The maximum atomic E-state index is 13.2. The zero-order chi connectivity index (χ0) is 17.4. The van der Waals surface area contributed by atoms with Crippen LogP contribution in [0.3, 0.4) is 0 Å². The molecule has 4 rings (SSSR count). The van der Waals surface area contributed by atoms with E-state index in [9.17, 15) is 9.18 Å². The lowest BCUT2D eigenvalue weighted by Crippen LogP contribution is -2.46. The number of carbonyl (C=O) groups is 1. The summed E-state index contributed by atoms with van der Waals surface area (Å²) in [6.07, 6.45) is 4.38. The minimum atomic E-state index is -0.642. The van der Waals surface area contributed by atoms with Gasteiger partial charge >= 0.3 is 0 Å². The molecule has 0 unspecified atom stereocenters. The van der Waals surface area contributed by atoms with Crippen molar-refractivity contribution in [2.45, 2.75) is 44.3 Å². The van der Waals surface area contributed by atoms with Gasteiger partial charge in [0.2, 0.25) is 5.95 Å². The lowest BCUT2D eigenvalue weighted by Gasteiger charge is -2.39. The third kappa shape index (κ3) is 3.13. The summed E-state index contributed by atoms with van der Waals surface area (Å²) in [7, 11) is 0. The topological polar surface area (TPSA) is 81.4 Å². The second-order valence-electron chi connectivity index (χ2n) is 6.67. The molecule has 0 N–H and O–H groups in total. The minimum Gasteiger partial charge on any atom is -0.362 e. The largest absolute Gasteiger partial charge is 0.362 e. The molecule has 2 aromatic rings. The molecule has 1 amide bonds. The minimum absolute atomic E-state index is 0.168. The van der Waals surface area contributed by atoms with Crippen molar-refractivity contribution in [3.63, 3.8) is 0 Å². The lowest BCUT2D eigenvalue weighted by molar-refractivity contribution is -0.0820. The molecule has 0 aliphatic carbocycles. The molecule has 7 nitrogen and oxygen atoms in total. The van der Waals surface area contributed by atoms with Crippen LogP contribution in [0.5, 0.6) is 0 Å². The Bertz CT molecular complexity index is 786. The normalized spacial score (nSPS) is 22.5. The molecule has 2 aliphatic rings. The first-order valence-corrected chi connectivity index (χ1v) is 8.44. The zero-order valence-corrected chi connectivity index (χ0v) is 13.9. The summed E-state index contributed by atoms with van der Waals surface area (Å²) < 4.78 is 24.7. The summed E-state index contributed by atoms with van der Waals surface area (Å²) in [5.41, 5.74) is 0.0860. The van der Waals surface area contributed by atoms with Crippen molar-refractivity contribution >= 4 is 5.91 Å². The first kappa shape index (κ1) is 16.1. The summed E-state index contributed by atoms with van der Waals surface area (Å²) in [5.74, 6) is 0.319. The average Bonchev–Trinajstić information content (AvgIpc) is 3.22. The molecule has 132 valence electrons. The van der Waals surface area contributed by atoms with Crippen molar-refractivity contribution in [1.29, 1.82) is 0 Å². The first-order chi connectivity index (χ1) is 12.0. The quantitative estimate of drug-likeness (QED) is 0.777. The second-order valence-corrected chi connectivity index (χ2v) is 6.67. The number of piperidine rings is 1. The van der Waals surface area contributed by atoms with Crippen molar-refractivity contribution in [1.82, 2.24) is 20.0 Å². The van der Waals surface area contributed by atoms with E-state index in [1.54, 1.807) is 11.8 Å². The van der Waals surface area contributed by atoms with Gasteiger partial charge in [0.05, 0.1) is 5.60 Å². The highest BCUT2D eigenvalue weighted by Crippen LogP contribution is 2.44. The molecule has 0 radical (unpaired) electrons. The smallest absolute Gasteiger partial charge is 0.255 e. The van der Waals surface area contributed by atoms with Crippen LogP contribution in [-0.2, 0) is 4.74 Å². The first-order valence-electron chi connectivity index (χ1n) is 8.44. The molecular weight excluding hydrogens is 327 g/mol. The van der Waals surface area contributed by atoms with Gasteiger partial charge in [-0.1, -0.05) is 5.16 Å². The maximum Gasteiger partial charge on any atom is 0.255 e. The Morgan fingerprint density at radius 2 is 2.16 bits per heavy atom. The molecule has 0 aromatic carbocycles. The van der Waals surface area contributed by atoms with E-state index in [2.05, 4.69) is 15.1 Å². The highest BCUT2D eigenvalue weighted by atomic mass is 19.1. The summed E-state index contributed by atoms with van der Waals surface area (Å²) >= 11 is 0. The van der Waals surface area contributed by atoms with Gasteiger partial charge in [0, 0.05) is 30.9 Å². The summed E-state index contributed by atoms with van der Waals surface area (Å²) in [6, 6.07) is 2.71. The van der Waals surface area contributed by atoms with E-state index in [1.807, 2.05) is 0 Å². The van der Waals surface area contributed by atoms with Crippen LogP contribution in [0.1, 0.15) is 53.9 Å². The number of carbonyl (C=O) groups excluding carboxylic acids is 1. The number of aromatic nitrogens is 3. The van der Waals surface area contributed by atoms with Crippen LogP contribution >= 0.6 is 0 Å². The molecule has 25 heavy (non-hydrogen) atoms. The standard InChI is InChI=1S/C17H19FN4O3/c1-11-20-15(25-21-11)13-2-4-17(24-13)5-8-22(9-6-17)16(23)12-3-7-19-14(18)10-12/h3,7,10,13H,2,4-6,8-9H2,1H3/t13-/m1/s1. The van der Waals surface area contributed by atoms with Crippen molar-refractivity contribution in [2.75, 3.05) is 13.1 Å². The Balaban J connectivity index is 1.39. The summed E-state index contributed by atoms with van der Waals surface area (Å²) in [4.78, 5) is 22.0. The Kier molecular flexibility index (Phi) is 3.99. The fourth-order valence-corrected chi connectivity index (χ4v) is 3.63. The Morgan fingerprint density at radius 3 is 2.84 bits per heavy atom. The van der Waals surface area contributed by atoms with Crippen LogP contribution in [-0.4, -0.2) is 44.6 Å². The van der Waals surface area contributed by atoms with Gasteiger partial charge in [-0.25, -0.2) is 4.98 Å². The monoisotopic (exact) mass is 346 g/mol. The predicted molar refractivity (Wildman–Crippen MR) is 84.2 cm³/mol. The van der Waals surface area contributed by atoms with Crippen LogP contribution in [0.25, 0.3) is 0 Å². The van der Waals surface area contributed by atoms with E-state index in [-0.39, 0.29) is 17.6 Å². The van der Waals surface area contributed by atoms with Gasteiger partial charge < -0.3 is 14.2 Å². The molecule has 8 heteroatoms. The van der Waals surface area contributed by atoms with Gasteiger partial charge in [-0.2, -0.15) is 9.37 Å². The van der Waals surface area contributed by atoms with E-state index in [0.717, 1.165) is 25.7 Å². The average molecular weight is 346 g/mol. The summed E-state index contributed by atoms with van der Waals surface area (Å²) in [5, 5.41) is 3.82. The molecule has 1 spiro atoms. The van der Waals surface area contributed by atoms with E-state index in [0.29, 0.717) is 30.4 Å². The number of nitrogens with zero attached hydrogens (tertiary/aromatic N) is 4. The molecule has 1 atom stereocenters. The molecule has 0 bridgehead atoms. The van der Waals surface area contributed by atoms with E-state index >= 15 is 0 Å². The Labute approximate surface area is 144 Å². The number of aryl methyl sites for hydroxylation is 1. The zero-order valence-electron chi connectivity index (χ0n) is 13.9. The van der Waals surface area contributed by atoms with Gasteiger partial charge in [0.15, 0.2) is 5.82 Å². The van der Waals surface area contributed by atoms with Crippen LogP contribution in [0, 0.1) is 12.9 Å². The number of ether oxygens (including phenoxy) is 1. The number of pyridine rings is 1. The van der Waals surface area contributed by atoms with Gasteiger partial charge in [0.25, 0.3) is 11.8 Å². The molecule has 2 fully saturated rings. The van der Waals surface area contributed by atoms with Crippen LogP contribution < -0.4 is 0 Å². The van der Waals surface area contributed by atoms with Crippen molar-refractivity contribution in [3.05, 3.63) is 41.6 Å². The second kappa shape index (κ2) is 6.18. The molecule has 0 saturated carbocycles. The summed E-state index contributed by atoms with van der Waals surface area (Å²) in [6.45, 7) is 2.94. The molecule has 2 aliphatic heterocycles. The Hall–Kier alpha value is -2.35. The number of halogens is 1. The highest BCUT2D eigenvalue weighted by molar-refractivity contribution is 5.94. The molecular formula is C17H19FN4O3. The SMILES string of the molecule is Cc1noc([C@H]2CCC3(CCN(C(=O)c4ccnc(F)c4)CC3)O2)n1. The molecule has 2 saturated heterocycles. The van der Waals surface area contributed by atoms with E-state index in [4.69, 9.17) is 9.26 Å². The van der Waals surface area contributed by atoms with Gasteiger partial charge in [-0.3, -0.25) is 4.79 Å². The van der Waals surface area contributed by atoms with Crippen LogP contribution in [0.2, 0.25) is 0 Å². The third-order valence-corrected chi connectivity index (χ3v) is 5.01. The van der Waals surface area contributed by atoms with Gasteiger partial charge in [0.1, 0.15) is 6.10 Å². The highest BCUT2D eigenvalue weighted by Gasteiger charge is 2.45. The van der Waals surface area contributed by atoms with Crippen LogP contribution in [0.4, 0.5) is 4.39 Å². The molecule has 4 heterocycles. The van der Waals surface area contributed by atoms with Crippen LogP contribution in [0.15, 0.2) is 22.9 Å².